The van der Waals surface area contributed by atoms with E-state index in [4.69, 9.17) is 5.14 Å². The van der Waals surface area contributed by atoms with Crippen LogP contribution in [-0.2, 0) is 20.0 Å². The molecule has 24 heavy (non-hydrogen) atoms. The lowest BCUT2D eigenvalue weighted by molar-refractivity contribution is 0.333. The van der Waals surface area contributed by atoms with Gasteiger partial charge in [-0.05, 0) is 24.9 Å². The smallest absolute Gasteiger partial charge is 0.252 e. The highest BCUT2D eigenvalue weighted by Crippen LogP contribution is 2.39. The minimum Gasteiger partial charge on any atom is -0.309 e. The molecular formula is C13H24ClN3O4S3. The van der Waals surface area contributed by atoms with Gasteiger partial charge >= 0.3 is 0 Å². The van der Waals surface area contributed by atoms with E-state index < -0.39 is 20.0 Å². The average molecular weight is 418 g/mol. The number of sulfonamides is 2. The summed E-state index contributed by atoms with van der Waals surface area (Å²) in [5.74, 6) is 0.396. The minimum absolute atomic E-state index is 0. The van der Waals surface area contributed by atoms with Gasteiger partial charge in [-0.25, -0.2) is 22.0 Å². The monoisotopic (exact) mass is 417 g/mol. The Hall–Kier alpha value is -0.230. The number of rotatable bonds is 6. The molecule has 11 heteroatoms. The van der Waals surface area contributed by atoms with Crippen molar-refractivity contribution in [1.29, 1.82) is 0 Å². The Morgan fingerprint density at radius 1 is 1.46 bits per heavy atom. The van der Waals surface area contributed by atoms with Gasteiger partial charge in [0.05, 0.1) is 0 Å². The van der Waals surface area contributed by atoms with Crippen molar-refractivity contribution in [3.8, 4) is 0 Å². The van der Waals surface area contributed by atoms with Crippen LogP contribution in [-0.4, -0.2) is 40.8 Å². The molecule has 0 amide bonds. The molecule has 0 spiro atoms. The van der Waals surface area contributed by atoms with Crippen LogP contribution >= 0.6 is 23.7 Å². The molecule has 1 aromatic rings. The van der Waals surface area contributed by atoms with Gasteiger partial charge in [0.1, 0.15) is 8.42 Å². The molecule has 3 N–H and O–H groups in total. The number of halogens is 1. The minimum atomic E-state index is -3.92. The van der Waals surface area contributed by atoms with Gasteiger partial charge in [0.2, 0.25) is 10.0 Å². The summed E-state index contributed by atoms with van der Waals surface area (Å²) < 4.78 is 50.0. The topological polar surface area (TPSA) is 110 Å². The predicted octanol–water partition coefficient (Wildman–Crippen LogP) is 1.52. The maximum absolute atomic E-state index is 12.7. The molecule has 1 unspecified atom stereocenters. The molecule has 0 saturated heterocycles. The second-order valence-corrected chi connectivity index (χ2v) is 11.0. The van der Waals surface area contributed by atoms with Gasteiger partial charge in [0.15, 0.2) is 0 Å². The third kappa shape index (κ3) is 4.48. The molecular weight excluding hydrogens is 394 g/mol. The highest BCUT2D eigenvalue weighted by atomic mass is 35.5. The average Bonchev–Trinajstić information content (AvgIpc) is 2.87. The van der Waals surface area contributed by atoms with Crippen molar-refractivity contribution in [1.82, 2.24) is 9.62 Å². The molecule has 1 atom stereocenters. The highest BCUT2D eigenvalue weighted by molar-refractivity contribution is 7.94. The first-order chi connectivity index (χ1) is 10.6. The summed E-state index contributed by atoms with van der Waals surface area (Å²) in [5, 5.41) is 8.51. The van der Waals surface area contributed by atoms with Crippen LogP contribution in [0.4, 0.5) is 0 Å². The Morgan fingerprint density at radius 3 is 2.58 bits per heavy atom. The van der Waals surface area contributed by atoms with Crippen LogP contribution in [0.25, 0.3) is 0 Å². The molecule has 2 rings (SSSR count). The normalized spacial score (nSPS) is 20.6. The second kappa shape index (κ2) is 7.98. The van der Waals surface area contributed by atoms with E-state index in [1.165, 1.54) is 10.4 Å². The SMILES string of the molecule is CCCN1CC(NCC(C)C)c2cc(S(N)(=O)=O)sc2S1(=O)=O.Cl. The predicted molar refractivity (Wildman–Crippen MR) is 97.6 cm³/mol. The molecule has 1 aliphatic heterocycles. The fourth-order valence-corrected chi connectivity index (χ4v) is 6.84. The molecule has 7 nitrogen and oxygen atoms in total. The summed E-state index contributed by atoms with van der Waals surface area (Å²) in [6, 6.07) is 1.17. The maximum atomic E-state index is 12.7. The van der Waals surface area contributed by atoms with E-state index in [0.717, 1.165) is 11.3 Å². The van der Waals surface area contributed by atoms with Crippen LogP contribution in [0.1, 0.15) is 38.8 Å². The Labute approximate surface area is 154 Å². The van der Waals surface area contributed by atoms with Crippen molar-refractivity contribution in [3.05, 3.63) is 11.6 Å². The molecule has 2 heterocycles. The van der Waals surface area contributed by atoms with E-state index in [9.17, 15) is 16.8 Å². The summed E-state index contributed by atoms with van der Waals surface area (Å²) >= 11 is 0.734. The summed E-state index contributed by atoms with van der Waals surface area (Å²) in [6.45, 7) is 7.44. The number of nitrogens with two attached hydrogens (primary N) is 1. The highest BCUT2D eigenvalue weighted by Gasteiger charge is 2.39. The zero-order valence-electron chi connectivity index (χ0n) is 13.9. The third-order valence-corrected chi connectivity index (χ3v) is 8.53. The van der Waals surface area contributed by atoms with Gasteiger partial charge in [-0.15, -0.1) is 23.7 Å². The van der Waals surface area contributed by atoms with Gasteiger partial charge in [-0.3, -0.25) is 0 Å². The molecule has 1 aromatic heterocycles. The van der Waals surface area contributed by atoms with Crippen LogP contribution in [0.15, 0.2) is 14.5 Å². The summed E-state index contributed by atoms with van der Waals surface area (Å²) in [4.78, 5) is 0. The van der Waals surface area contributed by atoms with Crippen molar-refractivity contribution >= 4 is 43.8 Å². The van der Waals surface area contributed by atoms with E-state index in [2.05, 4.69) is 19.2 Å². The van der Waals surface area contributed by atoms with E-state index >= 15 is 0 Å². The van der Waals surface area contributed by atoms with Gasteiger partial charge in [0.25, 0.3) is 10.0 Å². The number of primary sulfonamides is 1. The number of hydrogen-bond acceptors (Lipinski definition) is 6. The second-order valence-electron chi connectivity index (χ2n) is 6.07. The first-order valence-corrected chi connectivity index (χ1v) is 11.3. The van der Waals surface area contributed by atoms with Gasteiger partial charge in [-0.2, -0.15) is 4.31 Å². The van der Waals surface area contributed by atoms with Crippen molar-refractivity contribution in [2.24, 2.45) is 11.1 Å². The lowest BCUT2D eigenvalue weighted by atomic mass is 10.1. The molecule has 0 radical (unpaired) electrons. The van der Waals surface area contributed by atoms with Crippen LogP contribution in [0.2, 0.25) is 0 Å². The van der Waals surface area contributed by atoms with Gasteiger partial charge in [-0.1, -0.05) is 20.8 Å². The van der Waals surface area contributed by atoms with Crippen LogP contribution in [0, 0.1) is 5.92 Å². The molecule has 0 fully saturated rings. The number of hydrogen-bond donors (Lipinski definition) is 2. The molecule has 140 valence electrons. The largest absolute Gasteiger partial charge is 0.309 e. The van der Waals surface area contributed by atoms with Gasteiger partial charge in [0, 0.05) is 24.7 Å². The number of thiophene rings is 1. The van der Waals surface area contributed by atoms with Crippen molar-refractivity contribution < 1.29 is 16.8 Å². The Bertz CT molecular complexity index is 774. The van der Waals surface area contributed by atoms with Crippen LogP contribution < -0.4 is 10.5 Å². The molecule has 1 aliphatic rings. The summed E-state index contributed by atoms with van der Waals surface area (Å²) in [7, 11) is -7.59. The van der Waals surface area contributed by atoms with Crippen LogP contribution in [0.3, 0.4) is 0 Å². The standard InChI is InChI=1S/C13H23N3O4S3.ClH/c1-4-5-16-8-11(15-7-9(2)3)10-6-12(22(14,17)18)21-13(10)23(16,19)20;/h6,9,11,15H,4-5,7-8H2,1-3H3,(H2,14,17,18);1H. The first kappa shape index (κ1) is 21.8. The lowest BCUT2D eigenvalue weighted by Crippen LogP contribution is -2.44. The zero-order chi connectivity index (χ0) is 17.4. The fourth-order valence-electron chi connectivity index (χ4n) is 2.48. The number of nitrogens with one attached hydrogen (secondary N) is 1. The van der Waals surface area contributed by atoms with Crippen molar-refractivity contribution in [2.45, 2.75) is 41.7 Å². The van der Waals surface area contributed by atoms with E-state index in [1.54, 1.807) is 0 Å². The molecule has 0 aromatic carbocycles. The Balaban J connectivity index is 0.00000288. The van der Waals surface area contributed by atoms with Gasteiger partial charge < -0.3 is 5.32 Å². The Morgan fingerprint density at radius 2 is 2.08 bits per heavy atom. The Kier molecular flexibility index (Phi) is 7.25. The molecule has 0 bridgehead atoms. The van der Waals surface area contributed by atoms with Crippen molar-refractivity contribution in [2.75, 3.05) is 19.6 Å². The zero-order valence-corrected chi connectivity index (χ0v) is 17.1. The lowest BCUT2D eigenvalue weighted by Gasteiger charge is -2.32. The molecule has 0 aliphatic carbocycles. The fraction of sp³-hybridized carbons (Fsp3) is 0.692. The van der Waals surface area contributed by atoms with Crippen LogP contribution in [0.5, 0.6) is 0 Å². The van der Waals surface area contributed by atoms with Crippen molar-refractivity contribution in [3.63, 3.8) is 0 Å². The summed E-state index contributed by atoms with van der Waals surface area (Å²) in [6.07, 6.45) is 0.693. The number of fused-ring (bicyclic) bond motifs is 1. The first-order valence-electron chi connectivity index (χ1n) is 7.47. The maximum Gasteiger partial charge on any atom is 0.252 e. The van der Waals surface area contributed by atoms with E-state index in [-0.39, 0.29) is 26.9 Å². The number of nitrogens with zero attached hydrogens (tertiary/aromatic N) is 1. The quantitative estimate of drug-likeness (QED) is 0.729. The van der Waals surface area contributed by atoms with E-state index in [1.807, 2.05) is 6.92 Å². The summed E-state index contributed by atoms with van der Waals surface area (Å²) in [5.41, 5.74) is 0.507. The van der Waals surface area contributed by atoms with E-state index in [0.29, 0.717) is 37.5 Å². The third-order valence-electron chi connectivity index (χ3n) is 3.56. The molecule has 0 saturated carbocycles.